The number of benzene rings is 2. The summed E-state index contributed by atoms with van der Waals surface area (Å²) in [6, 6.07) is 20.1. The minimum absolute atomic E-state index is 0.0828. The Bertz CT molecular complexity index is 1240. The van der Waals surface area contributed by atoms with E-state index in [0.717, 1.165) is 30.1 Å². The van der Waals surface area contributed by atoms with Gasteiger partial charge in [0.1, 0.15) is 11.5 Å². The molecule has 3 aromatic rings. The average molecular weight is 461 g/mol. The van der Waals surface area contributed by atoms with Crippen molar-refractivity contribution in [1.29, 1.82) is 0 Å². The molecule has 33 heavy (non-hydrogen) atoms. The normalized spacial score (nSPS) is 17.5. The van der Waals surface area contributed by atoms with Gasteiger partial charge in [-0.15, -0.1) is 0 Å². The monoisotopic (exact) mass is 460 g/mol. The van der Waals surface area contributed by atoms with Crippen LogP contribution in [0.15, 0.2) is 81.0 Å². The van der Waals surface area contributed by atoms with E-state index in [4.69, 9.17) is 4.42 Å². The Kier molecular flexibility index (Phi) is 5.70. The van der Waals surface area contributed by atoms with Crippen LogP contribution in [0.4, 0.5) is 11.4 Å². The highest BCUT2D eigenvalue weighted by molar-refractivity contribution is 8.18. The van der Waals surface area contributed by atoms with Crippen molar-refractivity contribution < 1.29 is 14.1 Å². The van der Waals surface area contributed by atoms with Crippen LogP contribution in [0.1, 0.15) is 5.76 Å². The zero-order chi connectivity index (χ0) is 22.8. The summed E-state index contributed by atoms with van der Waals surface area (Å²) in [5.41, 5.74) is 2.01. The first-order valence-corrected chi connectivity index (χ1v) is 11.3. The lowest BCUT2D eigenvalue weighted by atomic mass is 10.2. The average Bonchev–Trinajstić information content (AvgIpc) is 3.47. The molecule has 0 aliphatic carbocycles. The van der Waals surface area contributed by atoms with Crippen molar-refractivity contribution >= 4 is 40.3 Å². The van der Waals surface area contributed by atoms with Gasteiger partial charge in [-0.05, 0) is 36.0 Å². The minimum atomic E-state index is -0.398. The molecular weight excluding hydrogens is 440 g/mol. The van der Waals surface area contributed by atoms with Gasteiger partial charge in [-0.1, -0.05) is 30.3 Å². The molecule has 9 heteroatoms. The van der Waals surface area contributed by atoms with Gasteiger partial charge in [0.2, 0.25) is 0 Å². The maximum absolute atomic E-state index is 12.5. The van der Waals surface area contributed by atoms with Gasteiger partial charge in [-0.2, -0.15) is 4.99 Å². The Morgan fingerprint density at radius 2 is 1.64 bits per heavy atom. The molecule has 0 N–H and O–H groups in total. The Morgan fingerprint density at radius 1 is 0.939 bits per heavy atom. The molecule has 2 aromatic carbocycles. The molecule has 0 atom stereocenters. The zero-order valence-electron chi connectivity index (χ0n) is 17.6. The summed E-state index contributed by atoms with van der Waals surface area (Å²) in [5.74, 6) is 1.11. The van der Waals surface area contributed by atoms with Gasteiger partial charge in [0, 0.05) is 55.6 Å². The molecule has 0 radical (unpaired) electrons. The van der Waals surface area contributed by atoms with Crippen molar-refractivity contribution in [1.82, 2.24) is 4.90 Å². The van der Waals surface area contributed by atoms with Crippen molar-refractivity contribution in [2.75, 3.05) is 31.1 Å². The van der Waals surface area contributed by atoms with Gasteiger partial charge >= 0.3 is 0 Å². The molecule has 5 rings (SSSR count). The lowest BCUT2D eigenvalue weighted by molar-refractivity contribution is -0.384. The van der Waals surface area contributed by atoms with Crippen LogP contribution in [0.3, 0.4) is 0 Å². The smallest absolute Gasteiger partial charge is 0.286 e. The molecule has 0 spiro atoms. The number of non-ortho nitro benzene ring substituents is 1. The van der Waals surface area contributed by atoms with E-state index in [2.05, 4.69) is 14.8 Å². The van der Waals surface area contributed by atoms with Crippen LogP contribution in [0.2, 0.25) is 0 Å². The van der Waals surface area contributed by atoms with Gasteiger partial charge in [-0.25, -0.2) is 0 Å². The third-order valence-electron chi connectivity index (χ3n) is 5.54. The van der Waals surface area contributed by atoms with Gasteiger partial charge in [0.25, 0.3) is 11.6 Å². The van der Waals surface area contributed by atoms with Crippen LogP contribution in [-0.4, -0.2) is 47.1 Å². The zero-order valence-corrected chi connectivity index (χ0v) is 18.4. The van der Waals surface area contributed by atoms with Crippen molar-refractivity contribution in [2.24, 2.45) is 4.99 Å². The number of aliphatic imine (C=N–C) groups is 1. The first kappa shape index (κ1) is 21.0. The Labute approximate surface area is 194 Å². The van der Waals surface area contributed by atoms with Crippen molar-refractivity contribution in [2.45, 2.75) is 0 Å². The molecule has 1 saturated heterocycles. The van der Waals surface area contributed by atoms with Gasteiger partial charge in [0.15, 0.2) is 5.17 Å². The molecule has 2 aliphatic rings. The van der Waals surface area contributed by atoms with E-state index in [-0.39, 0.29) is 11.6 Å². The molecule has 2 aliphatic heterocycles. The number of amides is 1. The molecule has 0 unspecified atom stereocenters. The maximum Gasteiger partial charge on any atom is 0.286 e. The Morgan fingerprint density at radius 3 is 2.33 bits per heavy atom. The Balaban J connectivity index is 1.21. The highest BCUT2D eigenvalue weighted by Gasteiger charge is 2.29. The minimum Gasteiger partial charge on any atom is -0.457 e. The molecule has 0 bridgehead atoms. The number of piperazine rings is 1. The number of carbonyl (C=O) groups is 1. The van der Waals surface area contributed by atoms with E-state index in [9.17, 15) is 14.9 Å². The largest absolute Gasteiger partial charge is 0.457 e. The van der Waals surface area contributed by atoms with Gasteiger partial charge in [0.05, 0.1) is 9.83 Å². The number of hydrogen-bond acceptors (Lipinski definition) is 7. The number of furan rings is 1. The highest BCUT2D eigenvalue weighted by atomic mass is 32.2. The van der Waals surface area contributed by atoms with Crippen LogP contribution in [-0.2, 0) is 4.79 Å². The van der Waals surface area contributed by atoms with E-state index in [1.54, 1.807) is 18.2 Å². The van der Waals surface area contributed by atoms with E-state index in [0.29, 0.717) is 28.9 Å². The number of amidine groups is 1. The van der Waals surface area contributed by atoms with Crippen molar-refractivity contribution in [3.05, 3.63) is 87.5 Å². The van der Waals surface area contributed by atoms with E-state index < -0.39 is 4.92 Å². The van der Waals surface area contributed by atoms with Crippen LogP contribution in [0.5, 0.6) is 0 Å². The van der Waals surface area contributed by atoms with E-state index in [1.807, 2.05) is 42.5 Å². The number of nitro benzene ring substituents is 1. The third kappa shape index (κ3) is 4.54. The first-order valence-electron chi connectivity index (χ1n) is 10.5. The first-order chi connectivity index (χ1) is 16.1. The summed E-state index contributed by atoms with van der Waals surface area (Å²) in [6.07, 6.45) is 1.74. The highest BCUT2D eigenvalue weighted by Crippen LogP contribution is 2.32. The third-order valence-corrected chi connectivity index (χ3v) is 6.59. The number of rotatable bonds is 4. The quantitative estimate of drug-likeness (QED) is 0.318. The van der Waals surface area contributed by atoms with Crippen LogP contribution >= 0.6 is 11.8 Å². The topological polar surface area (TPSA) is 92.2 Å². The molecule has 166 valence electrons. The van der Waals surface area contributed by atoms with Gasteiger partial charge < -0.3 is 14.2 Å². The van der Waals surface area contributed by atoms with E-state index in [1.165, 1.54) is 23.9 Å². The lowest BCUT2D eigenvalue weighted by Crippen LogP contribution is -2.47. The second kappa shape index (κ2) is 8.95. The fraction of sp³-hybridized carbons (Fsp3) is 0.167. The predicted molar refractivity (Wildman–Crippen MR) is 129 cm³/mol. The molecule has 1 fully saturated rings. The fourth-order valence-corrected chi connectivity index (χ4v) is 4.74. The van der Waals surface area contributed by atoms with Crippen molar-refractivity contribution in [3.63, 3.8) is 0 Å². The summed E-state index contributed by atoms with van der Waals surface area (Å²) < 4.78 is 5.89. The molecule has 3 heterocycles. The molecular formula is C24H20N4O4S. The summed E-state index contributed by atoms with van der Waals surface area (Å²) in [5, 5.41) is 11.5. The summed E-state index contributed by atoms with van der Waals surface area (Å²) >= 11 is 1.36. The number of carbonyl (C=O) groups excluding carboxylic acids is 1. The summed E-state index contributed by atoms with van der Waals surface area (Å²) in [4.78, 5) is 32.0. The molecule has 1 aromatic heterocycles. The molecule has 1 amide bonds. The maximum atomic E-state index is 12.5. The second-order valence-corrected chi connectivity index (χ2v) is 8.63. The number of thioether (sulfide) groups is 1. The molecule has 8 nitrogen and oxygen atoms in total. The summed E-state index contributed by atoms with van der Waals surface area (Å²) in [7, 11) is 0. The number of nitrogens with zero attached hydrogens (tertiary/aromatic N) is 4. The number of anilines is 1. The fourth-order valence-electron chi connectivity index (χ4n) is 3.79. The van der Waals surface area contributed by atoms with Crippen molar-refractivity contribution in [3.8, 4) is 11.3 Å². The SMILES string of the molecule is O=C1N=C(N2CCN(c3ccc([N+](=O)[O-])cc3)CC2)S/C1=C\c1ccc(-c2ccccc2)o1. The second-order valence-electron chi connectivity index (χ2n) is 7.63. The Hall–Kier alpha value is -3.85. The van der Waals surface area contributed by atoms with Crippen LogP contribution in [0.25, 0.3) is 17.4 Å². The van der Waals surface area contributed by atoms with E-state index >= 15 is 0 Å². The summed E-state index contributed by atoms with van der Waals surface area (Å²) in [6.45, 7) is 2.90. The molecule has 0 saturated carbocycles. The predicted octanol–water partition coefficient (Wildman–Crippen LogP) is 4.65. The van der Waals surface area contributed by atoms with Crippen LogP contribution in [0, 0.1) is 10.1 Å². The number of nitro groups is 1. The standard InChI is InChI=1S/C24H20N4O4S/c29-23-22(16-20-10-11-21(32-20)17-4-2-1-3-5-17)33-24(25-23)27-14-12-26(13-15-27)18-6-8-19(9-7-18)28(30)31/h1-11,16H,12-15H2/b22-16-. The lowest BCUT2D eigenvalue weighted by Gasteiger charge is -2.36. The number of hydrogen-bond donors (Lipinski definition) is 0. The van der Waals surface area contributed by atoms with Crippen LogP contribution < -0.4 is 4.90 Å². The van der Waals surface area contributed by atoms with Gasteiger partial charge in [-0.3, -0.25) is 14.9 Å².